The molecule has 6 nitrogen and oxygen atoms in total. The molecule has 1 amide bonds. The van der Waals surface area contributed by atoms with Gasteiger partial charge in [0.2, 0.25) is 0 Å². The highest BCUT2D eigenvalue weighted by Gasteiger charge is 2.25. The average Bonchev–Trinajstić information content (AvgIpc) is 2.88. The molecular weight excluding hydrogens is 266 g/mol. The Bertz CT molecular complexity index is 629. The molecule has 102 valence electrons. The minimum Gasteiger partial charge on any atom is -0.480 e. The minimum absolute atomic E-state index is 0.188. The Hall–Kier alpha value is -1.89. The number of hydrogen-bond acceptors (Lipinski definition) is 4. The van der Waals surface area contributed by atoms with Crippen LogP contribution < -0.4 is 5.32 Å². The van der Waals surface area contributed by atoms with Gasteiger partial charge in [0.1, 0.15) is 11.7 Å². The van der Waals surface area contributed by atoms with Gasteiger partial charge in [0.25, 0.3) is 5.91 Å². The van der Waals surface area contributed by atoms with Gasteiger partial charge in [-0.3, -0.25) is 9.20 Å². The summed E-state index contributed by atoms with van der Waals surface area (Å²) in [6.07, 6.45) is 1.62. The summed E-state index contributed by atoms with van der Waals surface area (Å²) in [5.41, 5.74) is 1.23. The number of fused-ring (bicyclic) bond motifs is 1. The van der Waals surface area contributed by atoms with Crippen molar-refractivity contribution in [2.24, 2.45) is 5.92 Å². The molecule has 2 heterocycles. The number of rotatable bonds is 4. The lowest BCUT2D eigenvalue weighted by Crippen LogP contribution is -2.44. The van der Waals surface area contributed by atoms with Crippen LogP contribution >= 0.6 is 11.3 Å². The van der Waals surface area contributed by atoms with Crippen LogP contribution in [0, 0.1) is 12.8 Å². The fourth-order valence-corrected chi connectivity index (χ4v) is 2.58. The van der Waals surface area contributed by atoms with Crippen LogP contribution in [0.3, 0.4) is 0 Å². The van der Waals surface area contributed by atoms with Crippen molar-refractivity contribution in [3.8, 4) is 0 Å². The Morgan fingerprint density at radius 2 is 2.16 bits per heavy atom. The summed E-state index contributed by atoms with van der Waals surface area (Å²) < 4.78 is 1.81. The number of thiazole rings is 1. The largest absolute Gasteiger partial charge is 0.480 e. The molecule has 7 heteroatoms. The summed E-state index contributed by atoms with van der Waals surface area (Å²) in [6.45, 7) is 5.41. The number of carboxylic acids is 1. The Labute approximate surface area is 114 Å². The Kier molecular flexibility index (Phi) is 3.57. The van der Waals surface area contributed by atoms with E-state index in [1.807, 2.05) is 16.7 Å². The van der Waals surface area contributed by atoms with Crippen molar-refractivity contribution in [2.75, 3.05) is 0 Å². The van der Waals surface area contributed by atoms with Crippen molar-refractivity contribution in [2.45, 2.75) is 26.8 Å². The van der Waals surface area contributed by atoms with Gasteiger partial charge in [-0.2, -0.15) is 0 Å². The number of imidazole rings is 1. The summed E-state index contributed by atoms with van der Waals surface area (Å²) in [4.78, 5) is 27.9. The van der Waals surface area contributed by atoms with Gasteiger partial charge in [0, 0.05) is 17.3 Å². The maximum Gasteiger partial charge on any atom is 0.326 e. The molecule has 0 aliphatic rings. The molecule has 0 fully saturated rings. The zero-order valence-electron chi connectivity index (χ0n) is 10.9. The molecular formula is C12H15N3O3S. The van der Waals surface area contributed by atoms with Crippen LogP contribution in [0.25, 0.3) is 4.96 Å². The van der Waals surface area contributed by atoms with Gasteiger partial charge in [-0.15, -0.1) is 11.3 Å². The minimum atomic E-state index is -1.04. The number of carbonyl (C=O) groups is 2. The van der Waals surface area contributed by atoms with Gasteiger partial charge in [0.15, 0.2) is 4.96 Å². The van der Waals surface area contributed by atoms with Crippen molar-refractivity contribution in [1.29, 1.82) is 0 Å². The lowest BCUT2D eigenvalue weighted by atomic mass is 10.0. The Balaban J connectivity index is 2.21. The molecule has 2 aromatic heterocycles. The van der Waals surface area contributed by atoms with Gasteiger partial charge >= 0.3 is 5.97 Å². The molecule has 19 heavy (non-hydrogen) atoms. The smallest absolute Gasteiger partial charge is 0.326 e. The van der Waals surface area contributed by atoms with E-state index >= 15 is 0 Å². The van der Waals surface area contributed by atoms with Gasteiger partial charge in [-0.05, 0) is 12.8 Å². The average molecular weight is 281 g/mol. The van der Waals surface area contributed by atoms with Crippen molar-refractivity contribution >= 4 is 28.2 Å². The number of hydrogen-bond donors (Lipinski definition) is 2. The van der Waals surface area contributed by atoms with Crippen molar-refractivity contribution < 1.29 is 14.7 Å². The van der Waals surface area contributed by atoms with Crippen LogP contribution in [-0.4, -0.2) is 32.4 Å². The predicted molar refractivity (Wildman–Crippen MR) is 71.5 cm³/mol. The number of carboxylic acid groups (broad SMARTS) is 1. The highest BCUT2D eigenvalue weighted by atomic mass is 32.1. The molecule has 0 saturated heterocycles. The molecule has 2 N–H and O–H groups in total. The standard InChI is InChI=1S/C12H15N3O3S/c1-6(2)9(11(17)18)14-10(16)8-4-15-7(3)5-19-12(15)13-8/h4-6,9H,1-3H3,(H,14,16)(H,17,18). The second-order valence-electron chi connectivity index (χ2n) is 4.69. The van der Waals surface area contributed by atoms with Gasteiger partial charge < -0.3 is 10.4 Å². The van der Waals surface area contributed by atoms with E-state index in [0.717, 1.165) is 10.7 Å². The third-order valence-electron chi connectivity index (χ3n) is 2.84. The molecule has 0 aliphatic carbocycles. The zero-order valence-corrected chi connectivity index (χ0v) is 11.7. The lowest BCUT2D eigenvalue weighted by molar-refractivity contribution is -0.140. The normalized spacial score (nSPS) is 12.8. The first-order valence-electron chi connectivity index (χ1n) is 5.87. The van der Waals surface area contributed by atoms with Crippen LogP contribution in [0.15, 0.2) is 11.6 Å². The van der Waals surface area contributed by atoms with Gasteiger partial charge in [-0.25, -0.2) is 9.78 Å². The fraction of sp³-hybridized carbons (Fsp3) is 0.417. The molecule has 0 aliphatic heterocycles. The zero-order chi connectivity index (χ0) is 14.2. The highest BCUT2D eigenvalue weighted by Crippen LogP contribution is 2.16. The molecule has 2 rings (SSSR count). The Morgan fingerprint density at radius 1 is 1.47 bits per heavy atom. The first-order valence-corrected chi connectivity index (χ1v) is 6.75. The Morgan fingerprint density at radius 3 is 2.68 bits per heavy atom. The SMILES string of the molecule is Cc1csc2nc(C(=O)NC(C(=O)O)C(C)C)cn12. The summed E-state index contributed by atoms with van der Waals surface area (Å²) >= 11 is 1.44. The number of nitrogens with zero attached hydrogens (tertiary/aromatic N) is 2. The van der Waals surface area contributed by atoms with E-state index in [0.29, 0.717) is 0 Å². The molecule has 1 unspecified atom stereocenters. The second-order valence-corrected chi connectivity index (χ2v) is 5.53. The molecule has 0 aromatic carbocycles. The van der Waals surface area contributed by atoms with E-state index in [9.17, 15) is 9.59 Å². The number of aliphatic carboxylic acids is 1. The van der Waals surface area contributed by atoms with Crippen molar-refractivity contribution in [3.05, 3.63) is 23.0 Å². The molecule has 0 saturated carbocycles. The molecule has 0 radical (unpaired) electrons. The van der Waals surface area contributed by atoms with Gasteiger partial charge in [0.05, 0.1) is 0 Å². The number of nitrogens with one attached hydrogen (secondary N) is 1. The monoisotopic (exact) mass is 281 g/mol. The van der Waals surface area contributed by atoms with E-state index in [1.54, 1.807) is 20.0 Å². The van der Waals surface area contributed by atoms with Crippen molar-refractivity contribution in [3.63, 3.8) is 0 Å². The molecule has 1 atom stereocenters. The maximum atomic E-state index is 12.0. The van der Waals surface area contributed by atoms with Crippen LogP contribution in [0.4, 0.5) is 0 Å². The van der Waals surface area contributed by atoms with Crippen LogP contribution in [-0.2, 0) is 4.79 Å². The maximum absolute atomic E-state index is 12.0. The van der Waals surface area contributed by atoms with E-state index in [2.05, 4.69) is 10.3 Å². The molecule has 2 aromatic rings. The van der Waals surface area contributed by atoms with Crippen LogP contribution in [0.5, 0.6) is 0 Å². The fourth-order valence-electron chi connectivity index (χ4n) is 1.73. The summed E-state index contributed by atoms with van der Waals surface area (Å²) in [5.74, 6) is -1.69. The number of aryl methyl sites for hydroxylation is 1. The van der Waals surface area contributed by atoms with Crippen LogP contribution in [0.1, 0.15) is 30.0 Å². The van der Waals surface area contributed by atoms with Crippen molar-refractivity contribution in [1.82, 2.24) is 14.7 Å². The first kappa shape index (κ1) is 13.5. The molecule has 0 bridgehead atoms. The summed E-state index contributed by atoms with van der Waals surface area (Å²) in [6, 6.07) is -0.909. The van der Waals surface area contributed by atoms with E-state index in [1.165, 1.54) is 11.3 Å². The third-order valence-corrected chi connectivity index (χ3v) is 3.80. The molecule has 0 spiro atoms. The lowest BCUT2D eigenvalue weighted by Gasteiger charge is -2.16. The number of aromatic nitrogens is 2. The van der Waals surface area contributed by atoms with Gasteiger partial charge in [-0.1, -0.05) is 13.8 Å². The quantitative estimate of drug-likeness (QED) is 0.890. The third kappa shape index (κ3) is 2.60. The highest BCUT2D eigenvalue weighted by molar-refractivity contribution is 7.15. The first-order chi connectivity index (χ1) is 8.90. The second kappa shape index (κ2) is 5.00. The topological polar surface area (TPSA) is 83.7 Å². The number of carbonyl (C=O) groups excluding carboxylic acids is 1. The number of amides is 1. The van der Waals surface area contributed by atoms with Crippen LogP contribution in [0.2, 0.25) is 0 Å². The summed E-state index contributed by atoms with van der Waals surface area (Å²) in [5, 5.41) is 13.5. The predicted octanol–water partition coefficient (Wildman–Crippen LogP) is 1.54. The van der Waals surface area contributed by atoms with E-state index in [-0.39, 0.29) is 11.6 Å². The van der Waals surface area contributed by atoms with E-state index in [4.69, 9.17) is 5.11 Å². The summed E-state index contributed by atoms with van der Waals surface area (Å²) in [7, 11) is 0. The van der Waals surface area contributed by atoms with E-state index < -0.39 is 17.9 Å².